The van der Waals surface area contributed by atoms with Crippen LogP contribution in [0.3, 0.4) is 0 Å². The second kappa shape index (κ2) is 10.1. The Labute approximate surface area is 147 Å². The number of aromatic amines is 2. The van der Waals surface area contributed by atoms with Gasteiger partial charge in [-0.1, -0.05) is 0 Å². The molecule has 2 aromatic heterocycles. The summed E-state index contributed by atoms with van der Waals surface area (Å²) in [5, 5.41) is 0. The second-order valence-electron chi connectivity index (χ2n) is 3.53. The maximum absolute atomic E-state index is 11.0. The first kappa shape index (κ1) is 21.2. The van der Waals surface area contributed by atoms with Crippen molar-refractivity contribution in [2.45, 2.75) is 0 Å². The van der Waals surface area contributed by atoms with Gasteiger partial charge in [0.1, 0.15) is 6.79 Å². The van der Waals surface area contributed by atoms with Crippen LogP contribution in [0.4, 0.5) is 5.95 Å². The minimum atomic E-state index is -3.53. The molecule has 0 aliphatic carbocycles. The van der Waals surface area contributed by atoms with Gasteiger partial charge in [-0.15, -0.1) is 0 Å². The fraction of sp³-hybridized carbons (Fsp3) is 0.333. The Morgan fingerprint density at radius 3 is 2.82 bits per heavy atom. The van der Waals surface area contributed by atoms with Crippen LogP contribution < -0.4 is 40.9 Å². The molecule has 1 unspecified atom stereocenters. The van der Waals surface area contributed by atoms with Gasteiger partial charge in [-0.05, 0) is 0 Å². The van der Waals surface area contributed by atoms with Crippen LogP contribution in [0.15, 0.2) is 11.1 Å². The summed E-state index contributed by atoms with van der Waals surface area (Å²) < 4.78 is 23.5. The number of nitrogen functional groups attached to an aromatic ring is 1. The van der Waals surface area contributed by atoms with E-state index >= 15 is 0 Å². The molecule has 0 spiro atoms. The van der Waals surface area contributed by atoms with E-state index in [9.17, 15) is 9.36 Å². The number of imidazole rings is 1. The summed E-state index contributed by atoms with van der Waals surface area (Å²) in [5.74, 6) is 0.0783. The summed E-state index contributed by atoms with van der Waals surface area (Å²) in [6.07, 6.45) is 1.02. The first-order valence-electron chi connectivity index (χ1n) is 5.40. The van der Waals surface area contributed by atoms with E-state index in [1.165, 1.54) is 6.33 Å². The van der Waals surface area contributed by atoms with E-state index in [1.807, 2.05) is 0 Å². The predicted molar refractivity (Wildman–Crippen MR) is 73.0 cm³/mol. The van der Waals surface area contributed by atoms with E-state index in [4.69, 9.17) is 10.6 Å². The zero-order chi connectivity index (χ0) is 15.9. The maximum atomic E-state index is 11.0. The minimum absolute atomic E-state index is 0. The Bertz CT molecular complexity index is 676. The molecule has 2 aromatic rings. The standard InChI is InChI=1S/C5H5N5O.C4H10O5P.Na/c6-5-9-3-2(4(11)10-5)7-1-8-3;1-7-3-9-4-10(5,6)8-2;/h1H,(H4,6,7,8,9,10,11);1,3-4H2,2H3,(H,5,6);/q;-1;+1. The summed E-state index contributed by atoms with van der Waals surface area (Å²) >= 11 is 0. The van der Waals surface area contributed by atoms with Crippen molar-refractivity contribution in [3.63, 3.8) is 0 Å². The van der Waals surface area contributed by atoms with Crippen LogP contribution in [0.2, 0.25) is 0 Å². The number of rotatable bonds is 5. The molecule has 13 heteroatoms. The quantitative estimate of drug-likeness (QED) is 0.144. The van der Waals surface area contributed by atoms with Gasteiger partial charge < -0.3 is 29.6 Å². The number of anilines is 1. The van der Waals surface area contributed by atoms with Gasteiger partial charge in [0.25, 0.3) is 5.56 Å². The van der Waals surface area contributed by atoms with Crippen molar-refractivity contribution in [1.82, 2.24) is 19.9 Å². The average Bonchev–Trinajstić information content (AvgIpc) is 2.88. The summed E-state index contributed by atoms with van der Waals surface area (Å²) in [7, 11) is 0.595. The molecule has 0 aliphatic rings. The Hall–Kier alpha value is -0.780. The van der Waals surface area contributed by atoms with E-state index < -0.39 is 7.60 Å². The number of nitrogens with two attached hydrogens (primary N) is 1. The minimum Gasteiger partial charge on any atom is -0.535 e. The van der Waals surface area contributed by atoms with Crippen molar-refractivity contribution in [2.75, 3.05) is 26.0 Å². The third-order valence-electron chi connectivity index (χ3n) is 2.02. The Morgan fingerprint density at radius 2 is 2.23 bits per heavy atom. The van der Waals surface area contributed by atoms with Crippen LogP contribution in [0.1, 0.15) is 0 Å². The van der Waals surface area contributed by atoms with Crippen molar-refractivity contribution in [1.29, 1.82) is 0 Å². The summed E-state index contributed by atoms with van der Waals surface area (Å²) in [6, 6.07) is 0. The fourth-order valence-electron chi connectivity index (χ4n) is 1.12. The van der Waals surface area contributed by atoms with E-state index in [2.05, 4.69) is 41.0 Å². The molecule has 5 N–H and O–H groups in total. The molecule has 22 heavy (non-hydrogen) atoms. The van der Waals surface area contributed by atoms with Gasteiger partial charge >= 0.3 is 37.2 Å². The van der Waals surface area contributed by atoms with Gasteiger partial charge in [0.15, 0.2) is 17.5 Å². The van der Waals surface area contributed by atoms with Crippen molar-refractivity contribution >= 4 is 24.7 Å². The number of H-pyrrole nitrogens is 2. The van der Waals surface area contributed by atoms with Gasteiger partial charge in [-0.25, -0.2) is 12.1 Å². The van der Waals surface area contributed by atoms with E-state index in [-0.39, 0.29) is 54.2 Å². The monoisotopic (exact) mass is 343 g/mol. The SMILES string of the molecule is Nc1nc2nc[nH]c2c(=O)[nH]1.[CH2-]OCOCP(=O)(O)OC.[Na+]. The third kappa shape index (κ3) is 6.99. The van der Waals surface area contributed by atoms with Gasteiger partial charge in [0, 0.05) is 7.11 Å². The molecule has 0 bridgehead atoms. The number of ether oxygens (including phenoxy) is 2. The molecule has 0 aromatic carbocycles. The molecule has 0 amide bonds. The van der Waals surface area contributed by atoms with Gasteiger partial charge in [-0.2, -0.15) is 4.98 Å². The zero-order valence-electron chi connectivity index (χ0n) is 12.1. The Morgan fingerprint density at radius 1 is 1.55 bits per heavy atom. The molecule has 0 fully saturated rings. The van der Waals surface area contributed by atoms with E-state index in [0.717, 1.165) is 7.11 Å². The number of hydrogen-bond acceptors (Lipinski definition) is 8. The maximum Gasteiger partial charge on any atom is 1.00 e. The molecular weight excluding hydrogens is 328 g/mol. The van der Waals surface area contributed by atoms with Crippen LogP contribution in [0.5, 0.6) is 0 Å². The van der Waals surface area contributed by atoms with Gasteiger partial charge in [-0.3, -0.25) is 14.3 Å². The normalized spacial score (nSPS) is 12.9. The van der Waals surface area contributed by atoms with Crippen LogP contribution in [-0.4, -0.2) is 45.1 Å². The molecule has 0 aliphatic heterocycles. The molecule has 2 heterocycles. The topological polar surface area (TPSA) is 165 Å². The van der Waals surface area contributed by atoms with Crippen LogP contribution in [0.25, 0.3) is 11.2 Å². The fourth-order valence-corrected chi connectivity index (χ4v) is 1.53. The van der Waals surface area contributed by atoms with Crippen LogP contribution >= 0.6 is 7.60 Å². The molecule has 0 saturated heterocycles. The van der Waals surface area contributed by atoms with Crippen LogP contribution in [-0.2, 0) is 18.6 Å². The molecular formula is C9H15N5NaO6P. The largest absolute Gasteiger partial charge is 1.00 e. The first-order chi connectivity index (χ1) is 9.89. The van der Waals surface area contributed by atoms with Crippen molar-refractivity contribution < 1.29 is 53.0 Å². The molecule has 118 valence electrons. The number of nitrogens with zero attached hydrogens (tertiary/aromatic N) is 2. The molecule has 2 rings (SSSR count). The van der Waals surface area contributed by atoms with Gasteiger partial charge in [0.05, 0.1) is 6.33 Å². The summed E-state index contributed by atoms with van der Waals surface area (Å²) in [6.45, 7) is -0.117. The first-order valence-corrected chi connectivity index (χ1v) is 7.17. The Kier molecular flexibility index (Phi) is 9.72. The van der Waals surface area contributed by atoms with Crippen molar-refractivity contribution in [3.05, 3.63) is 23.8 Å². The molecule has 0 radical (unpaired) electrons. The predicted octanol–water partition coefficient (Wildman–Crippen LogP) is -3.21. The summed E-state index contributed by atoms with van der Waals surface area (Å²) in [4.78, 5) is 32.2. The van der Waals surface area contributed by atoms with Crippen molar-refractivity contribution in [3.8, 4) is 0 Å². The number of aromatic nitrogens is 4. The molecule has 0 saturated carbocycles. The number of nitrogens with one attached hydrogen (secondary N) is 2. The number of fused-ring (bicyclic) bond motifs is 1. The second-order valence-corrected chi connectivity index (χ2v) is 5.43. The Balaban J connectivity index is 0.000000387. The summed E-state index contributed by atoms with van der Waals surface area (Å²) in [5.41, 5.74) is 5.65. The van der Waals surface area contributed by atoms with Crippen molar-refractivity contribution in [2.24, 2.45) is 0 Å². The third-order valence-corrected chi connectivity index (χ3v) is 3.10. The van der Waals surface area contributed by atoms with Gasteiger partial charge in [0.2, 0.25) is 5.95 Å². The van der Waals surface area contributed by atoms with E-state index in [1.54, 1.807) is 0 Å². The number of hydrogen-bond donors (Lipinski definition) is 4. The smallest absolute Gasteiger partial charge is 0.535 e. The average molecular weight is 343 g/mol. The molecule has 11 nitrogen and oxygen atoms in total. The zero-order valence-corrected chi connectivity index (χ0v) is 15.0. The molecule has 1 atom stereocenters. The van der Waals surface area contributed by atoms with Crippen LogP contribution in [0, 0.1) is 7.11 Å². The van der Waals surface area contributed by atoms with E-state index in [0.29, 0.717) is 11.2 Å².